The third-order valence-electron chi connectivity index (χ3n) is 4.39. The summed E-state index contributed by atoms with van der Waals surface area (Å²) < 4.78 is 4.96. The molecule has 1 aliphatic heterocycles. The molecule has 1 aromatic carbocycles. The van der Waals surface area contributed by atoms with E-state index in [-0.39, 0.29) is 31.4 Å². The molecule has 0 unspecified atom stereocenters. The zero-order valence-corrected chi connectivity index (χ0v) is 16.8. The number of rotatable bonds is 8. The lowest BCUT2D eigenvalue weighted by Gasteiger charge is -2.21. The second kappa shape index (κ2) is 10.1. The van der Waals surface area contributed by atoms with Crippen LogP contribution in [0.15, 0.2) is 18.2 Å². The number of carbonyl (C=O) groups is 4. The Morgan fingerprint density at radius 3 is 2.71 bits per heavy atom. The molecule has 1 N–H and O–H groups in total. The van der Waals surface area contributed by atoms with Crippen LogP contribution >= 0.6 is 11.6 Å². The summed E-state index contributed by atoms with van der Waals surface area (Å²) in [6.07, 6.45) is 1.15. The van der Waals surface area contributed by atoms with E-state index < -0.39 is 18.5 Å². The van der Waals surface area contributed by atoms with Crippen LogP contribution in [0.4, 0.5) is 5.69 Å². The van der Waals surface area contributed by atoms with Crippen molar-refractivity contribution in [1.29, 1.82) is 0 Å². The fourth-order valence-electron chi connectivity index (χ4n) is 2.77. The monoisotopic (exact) mass is 409 g/mol. The molecule has 1 aromatic rings. The molecule has 1 fully saturated rings. The number of carbonyl (C=O) groups excluding carboxylic acids is 4. The SMILES string of the molecule is CCN(CC(=O)Nc1cc(Cl)ccc1C)C(=O)COC(=O)CN1CCCC1=O. The molecule has 3 amide bonds. The highest BCUT2D eigenvalue weighted by Crippen LogP contribution is 2.20. The number of likely N-dealkylation sites (tertiary alicyclic amines) is 1. The van der Waals surface area contributed by atoms with Crippen LogP contribution < -0.4 is 5.32 Å². The van der Waals surface area contributed by atoms with Crippen LogP contribution in [0.3, 0.4) is 0 Å². The summed E-state index contributed by atoms with van der Waals surface area (Å²) in [5.41, 5.74) is 1.42. The van der Waals surface area contributed by atoms with E-state index in [0.29, 0.717) is 23.7 Å². The van der Waals surface area contributed by atoms with Crippen molar-refractivity contribution in [2.24, 2.45) is 0 Å². The van der Waals surface area contributed by atoms with E-state index in [4.69, 9.17) is 16.3 Å². The van der Waals surface area contributed by atoms with Crippen molar-refractivity contribution in [1.82, 2.24) is 9.80 Å². The first kappa shape index (κ1) is 21.7. The maximum absolute atomic E-state index is 12.3. The number of esters is 1. The second-order valence-corrected chi connectivity index (χ2v) is 6.93. The number of anilines is 1. The molecular formula is C19H24ClN3O5. The van der Waals surface area contributed by atoms with E-state index in [1.165, 1.54) is 9.80 Å². The molecule has 9 heteroatoms. The molecule has 0 saturated carbocycles. The van der Waals surface area contributed by atoms with Crippen molar-refractivity contribution >= 4 is 41.0 Å². The van der Waals surface area contributed by atoms with Crippen molar-refractivity contribution in [3.63, 3.8) is 0 Å². The average molecular weight is 410 g/mol. The zero-order valence-electron chi connectivity index (χ0n) is 16.0. The van der Waals surface area contributed by atoms with E-state index in [1.54, 1.807) is 25.1 Å². The van der Waals surface area contributed by atoms with Crippen molar-refractivity contribution in [3.8, 4) is 0 Å². The average Bonchev–Trinajstić information content (AvgIpc) is 3.05. The molecule has 2 rings (SSSR count). The topological polar surface area (TPSA) is 96.0 Å². The number of aryl methyl sites for hydroxylation is 1. The van der Waals surface area contributed by atoms with Gasteiger partial charge in [0.2, 0.25) is 11.8 Å². The third-order valence-corrected chi connectivity index (χ3v) is 4.63. The largest absolute Gasteiger partial charge is 0.454 e. The Morgan fingerprint density at radius 1 is 1.32 bits per heavy atom. The molecular weight excluding hydrogens is 386 g/mol. The van der Waals surface area contributed by atoms with Crippen LogP contribution in [0.25, 0.3) is 0 Å². The highest BCUT2D eigenvalue weighted by molar-refractivity contribution is 6.31. The van der Waals surface area contributed by atoms with Gasteiger partial charge in [0.05, 0.1) is 6.54 Å². The van der Waals surface area contributed by atoms with Crippen LogP contribution in [0, 0.1) is 6.92 Å². The summed E-state index contributed by atoms with van der Waals surface area (Å²) in [6.45, 7) is 3.54. The lowest BCUT2D eigenvalue weighted by Crippen LogP contribution is -2.41. The van der Waals surface area contributed by atoms with Gasteiger partial charge in [0.1, 0.15) is 6.54 Å². The second-order valence-electron chi connectivity index (χ2n) is 6.49. The Balaban J connectivity index is 1.81. The molecule has 0 aromatic heterocycles. The molecule has 0 bridgehead atoms. The number of halogens is 1. The van der Waals surface area contributed by atoms with Gasteiger partial charge < -0.3 is 19.9 Å². The first-order chi connectivity index (χ1) is 13.3. The molecule has 0 aliphatic carbocycles. The molecule has 1 aliphatic rings. The van der Waals surface area contributed by atoms with Crippen LogP contribution in [-0.4, -0.2) is 66.3 Å². The molecule has 0 spiro atoms. The maximum Gasteiger partial charge on any atom is 0.326 e. The summed E-state index contributed by atoms with van der Waals surface area (Å²) >= 11 is 5.94. The Bertz CT molecular complexity index is 768. The number of benzene rings is 1. The lowest BCUT2D eigenvalue weighted by atomic mass is 10.2. The molecule has 0 atom stereocenters. The minimum Gasteiger partial charge on any atom is -0.454 e. The van der Waals surface area contributed by atoms with Crippen LogP contribution in [0.5, 0.6) is 0 Å². The summed E-state index contributed by atoms with van der Waals surface area (Å²) in [5.74, 6) is -1.60. The maximum atomic E-state index is 12.3. The van der Waals surface area contributed by atoms with Gasteiger partial charge in [-0.05, 0) is 38.0 Å². The van der Waals surface area contributed by atoms with E-state index in [9.17, 15) is 19.2 Å². The quantitative estimate of drug-likeness (QED) is 0.658. The fourth-order valence-corrected chi connectivity index (χ4v) is 2.95. The van der Waals surface area contributed by atoms with Gasteiger partial charge in [-0.1, -0.05) is 17.7 Å². The van der Waals surface area contributed by atoms with Gasteiger partial charge in [-0.2, -0.15) is 0 Å². The van der Waals surface area contributed by atoms with E-state index >= 15 is 0 Å². The number of ether oxygens (including phenoxy) is 1. The van der Waals surface area contributed by atoms with Gasteiger partial charge in [-0.3, -0.25) is 19.2 Å². The summed E-state index contributed by atoms with van der Waals surface area (Å²) in [5, 5.41) is 3.21. The number of nitrogens with zero attached hydrogens (tertiary/aromatic N) is 2. The summed E-state index contributed by atoms with van der Waals surface area (Å²) in [4.78, 5) is 50.5. The third kappa shape index (κ3) is 6.23. The Kier molecular flexibility index (Phi) is 7.80. The first-order valence-electron chi connectivity index (χ1n) is 9.07. The first-order valence-corrected chi connectivity index (χ1v) is 9.45. The molecule has 1 heterocycles. The van der Waals surface area contributed by atoms with Crippen molar-refractivity contribution in [2.45, 2.75) is 26.7 Å². The summed E-state index contributed by atoms with van der Waals surface area (Å²) in [6, 6.07) is 5.14. The van der Waals surface area contributed by atoms with Crippen LogP contribution in [0.1, 0.15) is 25.3 Å². The van der Waals surface area contributed by atoms with Gasteiger partial charge in [0.15, 0.2) is 6.61 Å². The van der Waals surface area contributed by atoms with E-state index in [1.807, 2.05) is 6.92 Å². The number of nitrogens with one attached hydrogen (secondary N) is 1. The van der Waals surface area contributed by atoms with Gasteiger partial charge in [0.25, 0.3) is 5.91 Å². The molecule has 0 radical (unpaired) electrons. The van der Waals surface area contributed by atoms with Crippen molar-refractivity contribution in [3.05, 3.63) is 28.8 Å². The molecule has 1 saturated heterocycles. The number of hydrogen-bond donors (Lipinski definition) is 1. The standard InChI is InChI=1S/C19H24ClN3O5/c1-3-22(10-16(24)21-15-9-14(20)7-6-13(15)2)18(26)12-28-19(27)11-23-8-4-5-17(23)25/h6-7,9H,3-5,8,10-12H2,1-2H3,(H,21,24). The summed E-state index contributed by atoms with van der Waals surface area (Å²) in [7, 11) is 0. The Labute approximate surface area is 168 Å². The minimum absolute atomic E-state index is 0.0913. The predicted molar refractivity (Wildman–Crippen MR) is 104 cm³/mol. The van der Waals surface area contributed by atoms with E-state index in [0.717, 1.165) is 12.0 Å². The number of amides is 3. The molecule has 152 valence electrons. The minimum atomic E-state index is -0.640. The predicted octanol–water partition coefficient (Wildman–Crippen LogP) is 1.60. The van der Waals surface area contributed by atoms with Crippen molar-refractivity contribution in [2.75, 3.05) is 38.1 Å². The van der Waals surface area contributed by atoms with Crippen LogP contribution in [-0.2, 0) is 23.9 Å². The van der Waals surface area contributed by atoms with Crippen LogP contribution in [0.2, 0.25) is 5.02 Å². The zero-order chi connectivity index (χ0) is 20.7. The highest BCUT2D eigenvalue weighted by atomic mass is 35.5. The van der Waals surface area contributed by atoms with Gasteiger partial charge in [-0.15, -0.1) is 0 Å². The molecule has 8 nitrogen and oxygen atoms in total. The lowest BCUT2D eigenvalue weighted by molar-refractivity contribution is -0.154. The number of likely N-dealkylation sites (N-methyl/N-ethyl adjacent to an activating group) is 1. The number of hydrogen-bond acceptors (Lipinski definition) is 5. The van der Waals surface area contributed by atoms with Gasteiger partial charge in [0, 0.05) is 30.2 Å². The highest BCUT2D eigenvalue weighted by Gasteiger charge is 2.24. The molecule has 28 heavy (non-hydrogen) atoms. The normalized spacial score (nSPS) is 13.4. The van der Waals surface area contributed by atoms with Gasteiger partial charge in [-0.25, -0.2) is 0 Å². The van der Waals surface area contributed by atoms with E-state index in [2.05, 4.69) is 5.32 Å². The Hall–Kier alpha value is -2.61. The fraction of sp³-hybridized carbons (Fsp3) is 0.474. The Morgan fingerprint density at radius 2 is 2.07 bits per heavy atom. The van der Waals surface area contributed by atoms with Gasteiger partial charge >= 0.3 is 5.97 Å². The van der Waals surface area contributed by atoms with Crippen molar-refractivity contribution < 1.29 is 23.9 Å². The smallest absolute Gasteiger partial charge is 0.326 e.